The van der Waals surface area contributed by atoms with Crippen LogP contribution in [0.3, 0.4) is 0 Å². The molecular weight excluding hydrogens is 457 g/mol. The number of aromatic nitrogens is 1. The zero-order chi connectivity index (χ0) is 24.0. The second-order valence-corrected chi connectivity index (χ2v) is 9.87. The highest BCUT2D eigenvalue weighted by Gasteiger charge is 2.31. The lowest BCUT2D eigenvalue weighted by Gasteiger charge is -2.13. The van der Waals surface area contributed by atoms with Gasteiger partial charge in [-0.05, 0) is 60.4 Å². The van der Waals surface area contributed by atoms with Crippen LogP contribution < -0.4 is 10.9 Å². The van der Waals surface area contributed by atoms with Gasteiger partial charge < -0.3 is 5.32 Å². The summed E-state index contributed by atoms with van der Waals surface area (Å²) >= 11 is 0. The second-order valence-electron chi connectivity index (χ2n) is 7.79. The van der Waals surface area contributed by atoms with Gasteiger partial charge in [0.25, 0.3) is 11.5 Å². The SMILES string of the molecule is Cc1ccn(-c2cccc(C(F)(F)F)c2)c(=O)c1C(=O)NCc1ccc2c(c1)CCS2(=O)=O. The Labute approximate surface area is 187 Å². The number of amides is 1. The van der Waals surface area contributed by atoms with Crippen LogP contribution in [0.5, 0.6) is 0 Å². The summed E-state index contributed by atoms with van der Waals surface area (Å²) in [4.78, 5) is 26.1. The zero-order valence-electron chi connectivity index (χ0n) is 17.4. The van der Waals surface area contributed by atoms with Crippen molar-refractivity contribution in [2.45, 2.75) is 31.0 Å². The van der Waals surface area contributed by atoms with E-state index >= 15 is 0 Å². The molecule has 0 aliphatic carbocycles. The van der Waals surface area contributed by atoms with Crippen molar-refractivity contribution in [1.29, 1.82) is 0 Å². The zero-order valence-corrected chi connectivity index (χ0v) is 18.3. The van der Waals surface area contributed by atoms with Gasteiger partial charge in [0.05, 0.1) is 16.2 Å². The summed E-state index contributed by atoms with van der Waals surface area (Å²) in [6.45, 7) is 1.62. The Morgan fingerprint density at radius 3 is 2.61 bits per heavy atom. The Hall–Kier alpha value is -3.40. The van der Waals surface area contributed by atoms with Crippen LogP contribution in [0.1, 0.15) is 32.6 Å². The average molecular weight is 476 g/mol. The molecule has 1 N–H and O–H groups in total. The minimum Gasteiger partial charge on any atom is -0.348 e. The van der Waals surface area contributed by atoms with E-state index < -0.39 is 33.0 Å². The fourth-order valence-electron chi connectivity index (χ4n) is 3.80. The van der Waals surface area contributed by atoms with Gasteiger partial charge in [-0.3, -0.25) is 14.2 Å². The molecule has 10 heteroatoms. The number of rotatable bonds is 4. The molecule has 4 rings (SSSR count). The first-order valence-corrected chi connectivity index (χ1v) is 11.7. The van der Waals surface area contributed by atoms with Crippen LogP contribution in [-0.2, 0) is 29.0 Å². The molecule has 0 saturated heterocycles. The standard InChI is InChI=1S/C23H19F3N2O4S/c1-14-7-9-28(18-4-2-3-17(12-18)23(24,25)26)22(30)20(14)21(29)27-13-15-5-6-19-16(11-15)8-10-33(19,31)32/h2-7,9,11-12H,8,10,13H2,1H3,(H,27,29). The van der Waals surface area contributed by atoms with Gasteiger partial charge >= 0.3 is 6.18 Å². The molecule has 172 valence electrons. The fraction of sp³-hybridized carbons (Fsp3) is 0.217. The molecule has 0 spiro atoms. The largest absolute Gasteiger partial charge is 0.416 e. The first-order valence-electron chi connectivity index (χ1n) is 10.00. The first kappa shape index (κ1) is 22.8. The van der Waals surface area contributed by atoms with Crippen molar-refractivity contribution in [2.75, 3.05) is 5.75 Å². The number of alkyl halides is 3. The molecule has 0 unspecified atom stereocenters. The Morgan fingerprint density at radius 2 is 1.88 bits per heavy atom. The monoisotopic (exact) mass is 476 g/mol. The van der Waals surface area contributed by atoms with Crippen LogP contribution in [0, 0.1) is 6.92 Å². The molecule has 1 aromatic heterocycles. The molecule has 33 heavy (non-hydrogen) atoms. The van der Waals surface area contributed by atoms with Crippen LogP contribution in [-0.4, -0.2) is 24.6 Å². The van der Waals surface area contributed by atoms with Crippen molar-refractivity contribution >= 4 is 15.7 Å². The summed E-state index contributed by atoms with van der Waals surface area (Å²) < 4.78 is 64.1. The lowest BCUT2D eigenvalue weighted by Crippen LogP contribution is -2.33. The molecule has 2 heterocycles. The minimum atomic E-state index is -4.57. The van der Waals surface area contributed by atoms with Gasteiger partial charge in [0.1, 0.15) is 5.56 Å². The number of halogens is 3. The highest BCUT2D eigenvalue weighted by molar-refractivity contribution is 7.91. The van der Waals surface area contributed by atoms with Crippen molar-refractivity contribution in [3.8, 4) is 5.69 Å². The van der Waals surface area contributed by atoms with E-state index in [-0.39, 0.29) is 23.5 Å². The predicted molar refractivity (Wildman–Crippen MR) is 115 cm³/mol. The minimum absolute atomic E-state index is 0.0105. The molecule has 1 aliphatic heterocycles. The maximum absolute atomic E-state index is 13.1. The van der Waals surface area contributed by atoms with Gasteiger partial charge in [0.15, 0.2) is 9.84 Å². The van der Waals surface area contributed by atoms with Gasteiger partial charge in [-0.25, -0.2) is 8.42 Å². The van der Waals surface area contributed by atoms with Gasteiger partial charge in [-0.2, -0.15) is 13.2 Å². The smallest absolute Gasteiger partial charge is 0.348 e. The van der Waals surface area contributed by atoms with Crippen LogP contribution in [0.25, 0.3) is 5.69 Å². The third-order valence-corrected chi connectivity index (χ3v) is 7.34. The lowest BCUT2D eigenvalue weighted by atomic mass is 10.1. The number of sulfone groups is 1. The number of hydrogen-bond acceptors (Lipinski definition) is 4. The van der Waals surface area contributed by atoms with Crippen molar-refractivity contribution in [2.24, 2.45) is 0 Å². The van der Waals surface area contributed by atoms with Gasteiger partial charge in [0, 0.05) is 18.4 Å². The number of carbonyl (C=O) groups is 1. The second kappa shape index (κ2) is 8.18. The van der Waals surface area contributed by atoms with Gasteiger partial charge in [-0.1, -0.05) is 18.2 Å². The van der Waals surface area contributed by atoms with E-state index in [9.17, 15) is 31.2 Å². The van der Waals surface area contributed by atoms with Gasteiger partial charge in [0.2, 0.25) is 0 Å². The normalized spacial score (nSPS) is 14.7. The highest BCUT2D eigenvalue weighted by Crippen LogP contribution is 2.30. The molecule has 3 aromatic rings. The summed E-state index contributed by atoms with van der Waals surface area (Å²) in [5.41, 5.74) is -0.109. The Balaban J connectivity index is 1.60. The third-order valence-electron chi connectivity index (χ3n) is 5.53. The molecular formula is C23H19F3N2O4S. The number of pyridine rings is 1. The molecule has 0 radical (unpaired) electrons. The maximum atomic E-state index is 13.1. The molecule has 2 aromatic carbocycles. The van der Waals surface area contributed by atoms with Crippen LogP contribution >= 0.6 is 0 Å². The topological polar surface area (TPSA) is 85.2 Å². The summed E-state index contributed by atoms with van der Waals surface area (Å²) in [6.07, 6.45) is -2.84. The number of nitrogens with zero attached hydrogens (tertiary/aromatic N) is 1. The molecule has 0 fully saturated rings. The van der Waals surface area contributed by atoms with E-state index in [1.165, 1.54) is 30.5 Å². The third kappa shape index (κ3) is 4.43. The Bertz CT molecular complexity index is 1430. The Morgan fingerprint density at radius 1 is 1.12 bits per heavy atom. The van der Waals surface area contributed by atoms with Crippen molar-refractivity contribution in [3.05, 3.63) is 92.9 Å². The number of benzene rings is 2. The number of carbonyl (C=O) groups excluding carboxylic acids is 1. The van der Waals surface area contributed by atoms with Crippen molar-refractivity contribution in [3.63, 3.8) is 0 Å². The quantitative estimate of drug-likeness (QED) is 0.625. The maximum Gasteiger partial charge on any atom is 0.416 e. The lowest BCUT2D eigenvalue weighted by molar-refractivity contribution is -0.137. The van der Waals surface area contributed by atoms with Gasteiger partial charge in [-0.15, -0.1) is 0 Å². The van der Waals surface area contributed by atoms with E-state index in [2.05, 4.69) is 5.32 Å². The average Bonchev–Trinajstić information content (AvgIpc) is 3.06. The molecule has 1 amide bonds. The summed E-state index contributed by atoms with van der Waals surface area (Å²) in [7, 11) is -3.25. The van der Waals surface area contributed by atoms with Crippen LogP contribution in [0.2, 0.25) is 0 Å². The number of hydrogen-bond donors (Lipinski definition) is 1. The number of nitrogens with one attached hydrogen (secondary N) is 1. The highest BCUT2D eigenvalue weighted by atomic mass is 32.2. The fourth-order valence-corrected chi connectivity index (χ4v) is 5.35. The molecule has 6 nitrogen and oxygen atoms in total. The predicted octanol–water partition coefficient (Wildman–Crippen LogP) is 3.42. The summed E-state index contributed by atoms with van der Waals surface area (Å²) in [6, 6.07) is 10.6. The van der Waals surface area contributed by atoms with E-state index in [0.717, 1.165) is 16.7 Å². The molecule has 0 saturated carbocycles. The van der Waals surface area contributed by atoms with Crippen molar-refractivity contribution < 1.29 is 26.4 Å². The van der Waals surface area contributed by atoms with Crippen LogP contribution in [0.4, 0.5) is 13.2 Å². The van der Waals surface area contributed by atoms with Crippen molar-refractivity contribution in [1.82, 2.24) is 9.88 Å². The molecule has 1 aliphatic rings. The summed E-state index contributed by atoms with van der Waals surface area (Å²) in [5, 5.41) is 2.64. The molecule has 0 bridgehead atoms. The van der Waals surface area contributed by atoms with E-state index in [1.54, 1.807) is 19.1 Å². The molecule has 0 atom stereocenters. The van der Waals surface area contributed by atoms with E-state index in [4.69, 9.17) is 0 Å². The Kier molecular flexibility index (Phi) is 5.65. The van der Waals surface area contributed by atoms with E-state index in [0.29, 0.717) is 28.0 Å². The van der Waals surface area contributed by atoms with E-state index in [1.807, 2.05) is 0 Å². The summed E-state index contributed by atoms with van der Waals surface area (Å²) in [5.74, 6) is -0.622. The van der Waals surface area contributed by atoms with Crippen LogP contribution in [0.15, 0.2) is 64.4 Å². The number of fused-ring (bicyclic) bond motifs is 1. The number of aryl methyl sites for hydroxylation is 2. The first-order chi connectivity index (χ1) is 15.5.